The first-order valence-electron chi connectivity index (χ1n) is 4.63. The Bertz CT molecular complexity index is 417. The van der Waals surface area contributed by atoms with Crippen molar-refractivity contribution in [2.24, 2.45) is 0 Å². The van der Waals surface area contributed by atoms with E-state index in [0.717, 1.165) is 12.3 Å². The first-order chi connectivity index (χ1) is 8.60. The number of nitrogens with one attached hydrogen (secondary N) is 1. The summed E-state index contributed by atoms with van der Waals surface area (Å²) in [5.41, 5.74) is 0. The van der Waals surface area contributed by atoms with Gasteiger partial charge in [-0.3, -0.25) is 0 Å². The van der Waals surface area contributed by atoms with E-state index in [4.69, 9.17) is 0 Å². The topological polar surface area (TPSA) is 51.2 Å². The summed E-state index contributed by atoms with van der Waals surface area (Å²) in [6.45, 7) is 0. The molecule has 1 aromatic rings. The molecule has 19 heavy (non-hydrogen) atoms. The van der Waals surface area contributed by atoms with Crippen molar-refractivity contribution in [1.29, 1.82) is 0 Å². The molecule has 0 saturated carbocycles. The maximum Gasteiger partial charge on any atom is 0.417 e. The van der Waals surface area contributed by atoms with Gasteiger partial charge in [-0.05, 0) is 6.07 Å². The molecular weight excluding hydrogens is 282 g/mol. The van der Waals surface area contributed by atoms with Gasteiger partial charge < -0.3 is 10.1 Å². The van der Waals surface area contributed by atoms with Crippen molar-refractivity contribution < 1.29 is 35.9 Å². The van der Waals surface area contributed by atoms with Gasteiger partial charge in [-0.15, -0.1) is 0 Å². The lowest BCUT2D eigenvalue weighted by atomic mass is 10.3. The van der Waals surface area contributed by atoms with Crippen LogP contribution < -0.4 is 10.1 Å². The molecule has 1 heterocycles. The molecule has 0 spiro atoms. The fraction of sp³-hybridized carbons (Fsp3) is 0.333. The van der Waals surface area contributed by atoms with Crippen LogP contribution in [0.3, 0.4) is 0 Å². The number of aromatic nitrogens is 1. The lowest BCUT2D eigenvalue weighted by Crippen LogP contribution is -2.55. The maximum atomic E-state index is 12.1. The molecule has 0 aliphatic rings. The van der Waals surface area contributed by atoms with Crippen LogP contribution in [0.5, 0.6) is 5.88 Å². The van der Waals surface area contributed by atoms with Crippen LogP contribution in [0.1, 0.15) is 0 Å². The predicted octanol–water partition coefficient (Wildman–Crippen LogP) is 2.66. The highest BCUT2D eigenvalue weighted by Crippen LogP contribution is 2.33. The Labute approximate surface area is 102 Å². The Hall–Kier alpha value is -2.00. The van der Waals surface area contributed by atoms with Gasteiger partial charge in [0.15, 0.2) is 0 Å². The number of carbonyl (C=O) groups is 1. The van der Waals surface area contributed by atoms with Crippen molar-refractivity contribution in [3.05, 3.63) is 24.4 Å². The average molecular weight is 288 g/mol. The van der Waals surface area contributed by atoms with Gasteiger partial charge in [-0.1, -0.05) is 6.07 Å². The Kier molecular flexibility index (Phi) is 4.22. The van der Waals surface area contributed by atoms with E-state index in [1.165, 1.54) is 12.1 Å². The minimum Gasteiger partial charge on any atom is -0.391 e. The zero-order valence-corrected chi connectivity index (χ0v) is 8.92. The van der Waals surface area contributed by atoms with Crippen molar-refractivity contribution in [2.75, 3.05) is 0 Å². The average Bonchev–Trinajstić information content (AvgIpc) is 2.24. The van der Waals surface area contributed by atoms with Gasteiger partial charge in [0.2, 0.25) is 11.9 Å². The third-order valence-electron chi connectivity index (χ3n) is 1.75. The number of rotatable bonds is 2. The molecule has 0 bridgehead atoms. The second-order valence-corrected chi connectivity index (χ2v) is 3.22. The first-order valence-corrected chi connectivity index (χ1v) is 4.63. The highest BCUT2D eigenvalue weighted by atomic mass is 19.4. The molecule has 4 nitrogen and oxygen atoms in total. The van der Waals surface area contributed by atoms with Crippen molar-refractivity contribution >= 4 is 6.09 Å². The highest BCUT2D eigenvalue weighted by molar-refractivity contribution is 5.70. The molecule has 0 aliphatic heterocycles. The van der Waals surface area contributed by atoms with E-state index in [1.54, 1.807) is 0 Å². The molecule has 1 N–H and O–H groups in total. The normalized spacial score (nSPS) is 12.4. The summed E-state index contributed by atoms with van der Waals surface area (Å²) in [5.74, 6) is -0.428. The van der Waals surface area contributed by atoms with E-state index in [1.807, 2.05) is 0 Å². The summed E-state index contributed by atoms with van der Waals surface area (Å²) in [6.07, 6.45) is -12.1. The molecule has 1 aromatic heterocycles. The van der Waals surface area contributed by atoms with E-state index >= 15 is 0 Å². The summed E-state index contributed by atoms with van der Waals surface area (Å²) in [4.78, 5) is 14.3. The fourth-order valence-corrected chi connectivity index (χ4v) is 0.999. The van der Waals surface area contributed by atoms with E-state index in [-0.39, 0.29) is 0 Å². The van der Waals surface area contributed by atoms with Gasteiger partial charge >= 0.3 is 18.4 Å². The standard InChI is InChI=1S/C9H6F6N2O2/c10-8(11,12)6(9(13,14)15)17-7(18)19-5-3-1-2-4-16-5/h1-4,6H,(H,17,18). The molecule has 0 atom stereocenters. The molecule has 0 unspecified atom stereocenters. The summed E-state index contributed by atoms with van der Waals surface area (Å²) in [5, 5.41) is 0.694. The smallest absolute Gasteiger partial charge is 0.391 e. The number of ether oxygens (including phenoxy) is 1. The number of hydrogen-bond donors (Lipinski definition) is 1. The lowest BCUT2D eigenvalue weighted by molar-refractivity contribution is -0.255. The van der Waals surface area contributed by atoms with Gasteiger partial charge in [0.05, 0.1) is 0 Å². The highest BCUT2D eigenvalue weighted by Gasteiger charge is 2.57. The maximum absolute atomic E-state index is 12.1. The molecule has 10 heteroatoms. The third-order valence-corrected chi connectivity index (χ3v) is 1.75. The van der Waals surface area contributed by atoms with Crippen molar-refractivity contribution in [3.8, 4) is 5.88 Å². The van der Waals surface area contributed by atoms with Gasteiger partial charge in [-0.25, -0.2) is 9.78 Å². The number of hydrogen-bond acceptors (Lipinski definition) is 3. The first kappa shape index (κ1) is 15.1. The van der Waals surface area contributed by atoms with Gasteiger partial charge in [-0.2, -0.15) is 26.3 Å². The van der Waals surface area contributed by atoms with E-state index < -0.39 is 30.4 Å². The second-order valence-electron chi connectivity index (χ2n) is 3.22. The van der Waals surface area contributed by atoms with Gasteiger partial charge in [0.1, 0.15) is 0 Å². The van der Waals surface area contributed by atoms with Crippen LogP contribution in [0.25, 0.3) is 0 Å². The number of amides is 1. The summed E-state index contributed by atoms with van der Waals surface area (Å²) in [7, 11) is 0. The van der Waals surface area contributed by atoms with E-state index in [2.05, 4.69) is 9.72 Å². The van der Waals surface area contributed by atoms with Crippen molar-refractivity contribution in [3.63, 3.8) is 0 Å². The van der Waals surface area contributed by atoms with E-state index in [0.29, 0.717) is 5.32 Å². The molecule has 0 aromatic carbocycles. The molecule has 106 valence electrons. The van der Waals surface area contributed by atoms with Crippen LogP contribution in [-0.2, 0) is 0 Å². The molecule has 0 fully saturated rings. The monoisotopic (exact) mass is 288 g/mol. The zero-order valence-electron chi connectivity index (χ0n) is 8.92. The lowest BCUT2D eigenvalue weighted by Gasteiger charge is -2.23. The number of nitrogens with zero attached hydrogens (tertiary/aromatic N) is 1. The zero-order chi connectivity index (χ0) is 14.7. The van der Waals surface area contributed by atoms with Crippen LogP contribution in [0.2, 0.25) is 0 Å². The molecule has 0 saturated heterocycles. The minimum atomic E-state index is -5.68. The van der Waals surface area contributed by atoms with Gasteiger partial charge in [0, 0.05) is 12.3 Å². The Morgan fingerprint density at radius 2 is 1.74 bits per heavy atom. The SMILES string of the molecule is O=C(NC(C(F)(F)F)C(F)(F)F)Oc1ccccn1. The number of halogens is 6. The summed E-state index contributed by atoms with van der Waals surface area (Å²) >= 11 is 0. The van der Waals surface area contributed by atoms with Crippen LogP contribution in [0.15, 0.2) is 24.4 Å². The molecular formula is C9H6F6N2O2. The van der Waals surface area contributed by atoms with Crippen LogP contribution in [0, 0.1) is 0 Å². The Morgan fingerprint density at radius 3 is 2.16 bits per heavy atom. The number of pyridine rings is 1. The van der Waals surface area contributed by atoms with E-state index in [9.17, 15) is 31.1 Å². The van der Waals surface area contributed by atoms with Crippen LogP contribution >= 0.6 is 0 Å². The third kappa shape index (κ3) is 4.64. The Morgan fingerprint density at radius 1 is 1.16 bits per heavy atom. The second kappa shape index (κ2) is 5.33. The Balaban J connectivity index is 2.73. The van der Waals surface area contributed by atoms with Crippen LogP contribution in [-0.4, -0.2) is 29.5 Å². The van der Waals surface area contributed by atoms with Gasteiger partial charge in [0.25, 0.3) is 0 Å². The quantitative estimate of drug-likeness (QED) is 0.851. The number of alkyl halides is 6. The summed E-state index contributed by atoms with van der Waals surface area (Å²) < 4.78 is 76.8. The number of carbonyl (C=O) groups excluding carboxylic acids is 1. The van der Waals surface area contributed by atoms with Crippen molar-refractivity contribution in [1.82, 2.24) is 10.3 Å². The molecule has 0 aliphatic carbocycles. The van der Waals surface area contributed by atoms with Crippen molar-refractivity contribution in [2.45, 2.75) is 18.4 Å². The van der Waals surface area contributed by atoms with Crippen LogP contribution in [0.4, 0.5) is 31.1 Å². The summed E-state index contributed by atoms with van der Waals surface area (Å²) in [6, 6.07) is -0.161. The fourth-order valence-electron chi connectivity index (χ4n) is 0.999. The predicted molar refractivity (Wildman–Crippen MR) is 49.3 cm³/mol. The largest absolute Gasteiger partial charge is 0.417 e. The molecule has 1 amide bonds. The minimum absolute atomic E-state index is 0.428. The molecule has 1 rings (SSSR count). The molecule has 0 radical (unpaired) electrons.